The number of aliphatic hydroxyl groups is 1. The number of anilines is 1. The van der Waals surface area contributed by atoms with Crippen molar-refractivity contribution in [1.82, 2.24) is 15.1 Å². The van der Waals surface area contributed by atoms with Gasteiger partial charge in [-0.1, -0.05) is 92.3 Å². The second-order valence-corrected chi connectivity index (χ2v) is 24.4. The van der Waals surface area contributed by atoms with E-state index in [4.69, 9.17) is 18.6 Å². The summed E-state index contributed by atoms with van der Waals surface area (Å²) in [6.45, 7) is 21.3. The predicted molar refractivity (Wildman–Crippen MR) is 244 cm³/mol. The summed E-state index contributed by atoms with van der Waals surface area (Å²) in [6, 6.07) is 8.63. The Hall–Kier alpha value is -4.89. The van der Waals surface area contributed by atoms with Gasteiger partial charge in [-0.05, 0) is 83.7 Å². The van der Waals surface area contributed by atoms with Crippen LogP contribution in [0.5, 0.6) is 11.5 Å². The fraction of sp³-hybridized carbons (Fsp3) is 0.604. The van der Waals surface area contributed by atoms with E-state index in [0.717, 1.165) is 24.8 Å². The molecule has 3 aliphatic rings. The average Bonchev–Trinajstić information content (AvgIpc) is 3.62. The number of methoxy groups -OCH3 is 1. The lowest BCUT2D eigenvalue weighted by Gasteiger charge is -2.42. The van der Waals surface area contributed by atoms with Crippen LogP contribution >= 0.6 is 0 Å². The van der Waals surface area contributed by atoms with Gasteiger partial charge in [0.2, 0.25) is 5.91 Å². The van der Waals surface area contributed by atoms with E-state index in [2.05, 4.69) is 58.8 Å². The lowest BCUT2D eigenvalue weighted by atomic mass is 9.95. The third kappa shape index (κ3) is 11.6. The van der Waals surface area contributed by atoms with Crippen molar-refractivity contribution in [1.29, 1.82) is 0 Å². The molecule has 1 saturated carbocycles. The van der Waals surface area contributed by atoms with Crippen LogP contribution in [0.15, 0.2) is 49.1 Å². The number of Topliss-reactive ketones (excluding diaryl/α,β-unsaturated/α-hetero) is 1. The van der Waals surface area contributed by atoms with Crippen molar-refractivity contribution in [3.8, 4) is 11.5 Å². The lowest BCUT2D eigenvalue weighted by Crippen LogP contribution is -2.51. The number of nitrogens with zero attached hydrogens (tertiary/aromatic N) is 2. The molecule has 0 bridgehead atoms. The number of aliphatic hydroxyl groups excluding tert-OH is 1. The molecule has 1 spiro atoms. The van der Waals surface area contributed by atoms with Crippen LogP contribution < -0.4 is 19.8 Å². The standard InChI is InChI=1S/C48H70N4O10Si/c1-11-21-60-47(58)51-20-12-13-40(51)44(55)49-39(22-30(2)3)41(54)23-34-14-16-35(17-15-34)28-61-46(57)50-38-25-43(62-63(31(4)5,32(6)7)33(8)9)42(59-10)24-37(38)45(56)52-29-48(18-19-48)26-36(52)27-53/h11,14-17,24-25,30-33,36,39-40,53H,1,12-13,18-23,26-29H2,2-10H3,(H,49,55)(H,50,57)/t36-,39-,40-/m0/s1. The molecule has 2 saturated heterocycles. The van der Waals surface area contributed by atoms with Gasteiger partial charge in [0, 0.05) is 25.6 Å². The largest absolute Gasteiger partial charge is 0.540 e. The van der Waals surface area contributed by atoms with Gasteiger partial charge in [-0.15, -0.1) is 0 Å². The molecule has 5 rings (SSSR count). The number of ether oxygens (including phenoxy) is 3. The van der Waals surface area contributed by atoms with Crippen molar-refractivity contribution >= 4 is 43.8 Å². The zero-order valence-electron chi connectivity index (χ0n) is 38.8. The second-order valence-electron chi connectivity index (χ2n) is 19.0. The Balaban J connectivity index is 1.29. The van der Waals surface area contributed by atoms with E-state index >= 15 is 0 Å². The number of ketones is 1. The first-order valence-corrected chi connectivity index (χ1v) is 24.7. The number of benzene rings is 2. The van der Waals surface area contributed by atoms with E-state index in [-0.39, 0.29) is 89.1 Å². The van der Waals surface area contributed by atoms with Crippen molar-refractivity contribution < 1.29 is 47.7 Å². The van der Waals surface area contributed by atoms with Gasteiger partial charge in [0.1, 0.15) is 25.0 Å². The molecule has 63 heavy (non-hydrogen) atoms. The molecule has 0 aromatic heterocycles. The maximum Gasteiger partial charge on any atom is 0.411 e. The van der Waals surface area contributed by atoms with E-state index in [1.54, 1.807) is 41.3 Å². The summed E-state index contributed by atoms with van der Waals surface area (Å²) in [5, 5.41) is 16.0. The number of carbonyl (C=O) groups excluding carboxylic acids is 5. The molecule has 3 atom stereocenters. The average molecular weight is 891 g/mol. The number of rotatable bonds is 20. The minimum Gasteiger partial charge on any atom is -0.540 e. The fourth-order valence-electron chi connectivity index (χ4n) is 9.74. The second kappa shape index (κ2) is 21.2. The monoisotopic (exact) mass is 890 g/mol. The highest BCUT2D eigenvalue weighted by Crippen LogP contribution is 2.55. The maximum absolute atomic E-state index is 14.4. The summed E-state index contributed by atoms with van der Waals surface area (Å²) in [7, 11) is -0.965. The molecule has 14 nitrogen and oxygen atoms in total. The molecule has 2 aliphatic heterocycles. The van der Waals surface area contributed by atoms with Gasteiger partial charge in [0.15, 0.2) is 11.5 Å². The number of likely N-dealkylation sites (tertiary alicyclic amines) is 2. The minimum atomic E-state index is -2.50. The molecule has 1 aliphatic carbocycles. The topological polar surface area (TPSA) is 173 Å². The van der Waals surface area contributed by atoms with Crippen LogP contribution in [0.2, 0.25) is 16.6 Å². The molecule has 2 heterocycles. The van der Waals surface area contributed by atoms with Gasteiger partial charge in [0.05, 0.1) is 37.1 Å². The maximum atomic E-state index is 14.4. The van der Waals surface area contributed by atoms with Gasteiger partial charge in [0.25, 0.3) is 14.2 Å². The van der Waals surface area contributed by atoms with E-state index in [0.29, 0.717) is 49.4 Å². The van der Waals surface area contributed by atoms with Crippen LogP contribution in [0.4, 0.5) is 15.3 Å². The van der Waals surface area contributed by atoms with Crippen LogP contribution in [0.3, 0.4) is 0 Å². The van der Waals surface area contributed by atoms with Crippen LogP contribution in [0.1, 0.15) is 115 Å². The summed E-state index contributed by atoms with van der Waals surface area (Å²) >= 11 is 0. The van der Waals surface area contributed by atoms with E-state index in [1.165, 1.54) is 18.1 Å². The molecular weight excluding hydrogens is 821 g/mol. The highest BCUT2D eigenvalue weighted by molar-refractivity contribution is 6.78. The zero-order valence-corrected chi connectivity index (χ0v) is 39.8. The Bertz CT molecular complexity index is 1940. The molecule has 346 valence electrons. The van der Waals surface area contributed by atoms with Gasteiger partial charge in [-0.25, -0.2) is 9.59 Å². The number of carbonyl (C=O) groups is 5. The fourth-order valence-corrected chi connectivity index (χ4v) is 15.0. The summed E-state index contributed by atoms with van der Waals surface area (Å²) in [4.78, 5) is 70.6. The molecule has 2 aromatic rings. The van der Waals surface area contributed by atoms with Gasteiger partial charge < -0.3 is 34.0 Å². The van der Waals surface area contributed by atoms with Gasteiger partial charge in [-0.2, -0.15) is 0 Å². The predicted octanol–water partition coefficient (Wildman–Crippen LogP) is 8.41. The third-order valence-corrected chi connectivity index (χ3v) is 19.1. The van der Waals surface area contributed by atoms with E-state index < -0.39 is 32.6 Å². The first kappa shape index (κ1) is 49.1. The van der Waals surface area contributed by atoms with Crippen LogP contribution in [-0.2, 0) is 32.1 Å². The Labute approximate surface area is 374 Å². The summed E-state index contributed by atoms with van der Waals surface area (Å²) in [6.07, 6.45) is 4.51. The summed E-state index contributed by atoms with van der Waals surface area (Å²) in [5.74, 6) is 0.0934. The third-order valence-electron chi connectivity index (χ3n) is 13.1. The molecular formula is C48H70N4O10Si. The minimum absolute atomic E-state index is 0.0375. The van der Waals surface area contributed by atoms with Crippen LogP contribution in [0.25, 0.3) is 0 Å². The van der Waals surface area contributed by atoms with Crippen molar-refractivity contribution in [2.24, 2.45) is 11.3 Å². The Morgan fingerprint density at radius 1 is 0.921 bits per heavy atom. The Morgan fingerprint density at radius 2 is 1.57 bits per heavy atom. The smallest absolute Gasteiger partial charge is 0.411 e. The molecule has 3 N–H and O–H groups in total. The molecule has 0 unspecified atom stereocenters. The number of amides is 4. The highest BCUT2D eigenvalue weighted by atomic mass is 28.4. The summed E-state index contributed by atoms with van der Waals surface area (Å²) < 4.78 is 23.8. The van der Waals surface area contributed by atoms with Gasteiger partial charge >= 0.3 is 12.2 Å². The van der Waals surface area contributed by atoms with E-state index in [9.17, 15) is 29.1 Å². The SMILES string of the molecule is C=CCOC(=O)N1CCC[C@H]1C(=O)N[C@@H](CC(C)C)C(=O)Cc1ccc(COC(=O)Nc2cc(O[Si](C(C)C)(C(C)C)C(C)C)c(OC)cc2C(=O)N2CC3(CC3)C[C@H]2CO)cc1. The molecule has 0 radical (unpaired) electrons. The molecule has 3 fully saturated rings. The highest BCUT2D eigenvalue weighted by Gasteiger charge is 2.53. The normalized spacial score (nSPS) is 18.5. The molecule has 4 amide bonds. The van der Waals surface area contributed by atoms with Gasteiger partial charge in [-0.3, -0.25) is 24.6 Å². The lowest BCUT2D eigenvalue weighted by molar-refractivity contribution is -0.130. The van der Waals surface area contributed by atoms with Crippen molar-refractivity contribution in [3.63, 3.8) is 0 Å². The summed E-state index contributed by atoms with van der Waals surface area (Å²) in [5.41, 5.74) is 2.61. The number of nitrogens with one attached hydrogen (secondary N) is 2. The van der Waals surface area contributed by atoms with E-state index in [1.807, 2.05) is 13.8 Å². The zero-order chi connectivity index (χ0) is 46.2. The Morgan fingerprint density at radius 3 is 2.14 bits per heavy atom. The quantitative estimate of drug-likeness (QED) is 0.0866. The van der Waals surface area contributed by atoms with Crippen molar-refractivity contribution in [3.05, 3.63) is 65.7 Å². The first-order chi connectivity index (χ1) is 29.9. The van der Waals surface area contributed by atoms with Crippen LogP contribution in [-0.4, -0.2) is 105 Å². The Kier molecular flexibility index (Phi) is 16.5. The van der Waals surface area contributed by atoms with Crippen molar-refractivity contribution in [2.45, 2.75) is 142 Å². The molecule has 2 aromatic carbocycles. The van der Waals surface area contributed by atoms with Crippen LogP contribution in [0, 0.1) is 11.3 Å². The molecule has 15 heteroatoms. The number of hydrogen-bond acceptors (Lipinski definition) is 10. The first-order valence-electron chi connectivity index (χ1n) is 22.6. The number of hydrogen-bond donors (Lipinski definition) is 3. The van der Waals surface area contributed by atoms with Crippen molar-refractivity contribution in [2.75, 3.05) is 38.7 Å².